The molecule has 1 aromatic heterocycles. The Labute approximate surface area is 124 Å². The number of aromatic nitrogens is 1. The van der Waals surface area contributed by atoms with Crippen LogP contribution in [-0.4, -0.2) is 4.98 Å². The summed E-state index contributed by atoms with van der Waals surface area (Å²) < 4.78 is 0. The molecule has 2 rings (SSSR count). The molecule has 1 N–H and O–H groups in total. The first kappa shape index (κ1) is 15.2. The van der Waals surface area contributed by atoms with Crippen LogP contribution in [0.3, 0.4) is 0 Å². The summed E-state index contributed by atoms with van der Waals surface area (Å²) in [6.45, 7) is 13.8. The standard InChI is InChI=1S/C19H29N/c1-7-15-10-18(20-14(15)4)17-9-8-16(13(2)3)11-19(5,6)12-17/h8-10,13,20H,7,11-12H2,1-6H3. The van der Waals surface area contributed by atoms with Crippen LogP contribution in [0.2, 0.25) is 0 Å². The van der Waals surface area contributed by atoms with Gasteiger partial charge >= 0.3 is 0 Å². The zero-order valence-electron chi connectivity index (χ0n) is 13.9. The van der Waals surface area contributed by atoms with E-state index in [1.54, 1.807) is 5.57 Å². The Morgan fingerprint density at radius 1 is 1.20 bits per heavy atom. The summed E-state index contributed by atoms with van der Waals surface area (Å²) >= 11 is 0. The van der Waals surface area contributed by atoms with Crippen LogP contribution in [0.15, 0.2) is 23.8 Å². The van der Waals surface area contributed by atoms with Crippen LogP contribution in [0.25, 0.3) is 5.57 Å². The first-order valence-electron chi connectivity index (χ1n) is 7.91. The van der Waals surface area contributed by atoms with Gasteiger partial charge < -0.3 is 4.98 Å². The van der Waals surface area contributed by atoms with Crippen molar-refractivity contribution in [2.24, 2.45) is 11.3 Å². The molecule has 1 aliphatic carbocycles. The molecule has 20 heavy (non-hydrogen) atoms. The van der Waals surface area contributed by atoms with Gasteiger partial charge in [-0.2, -0.15) is 0 Å². The Balaban J connectivity index is 2.39. The van der Waals surface area contributed by atoms with Crippen molar-refractivity contribution < 1.29 is 0 Å². The van der Waals surface area contributed by atoms with Crippen molar-refractivity contribution in [3.8, 4) is 0 Å². The summed E-state index contributed by atoms with van der Waals surface area (Å²) in [5, 5.41) is 0. The van der Waals surface area contributed by atoms with E-state index < -0.39 is 0 Å². The normalized spacial score (nSPS) is 18.8. The van der Waals surface area contributed by atoms with Crippen molar-refractivity contribution in [1.82, 2.24) is 4.98 Å². The summed E-state index contributed by atoms with van der Waals surface area (Å²) in [6.07, 6.45) is 8.14. The summed E-state index contributed by atoms with van der Waals surface area (Å²) in [4.78, 5) is 3.58. The van der Waals surface area contributed by atoms with Crippen LogP contribution in [0.4, 0.5) is 0 Å². The third-order valence-electron chi connectivity index (χ3n) is 4.44. The first-order chi connectivity index (χ1) is 9.32. The molecule has 1 heteroatoms. The highest BCUT2D eigenvalue weighted by atomic mass is 14.7. The molecule has 0 saturated carbocycles. The maximum atomic E-state index is 3.58. The van der Waals surface area contributed by atoms with Gasteiger partial charge in [0.05, 0.1) is 0 Å². The average molecular weight is 271 g/mol. The van der Waals surface area contributed by atoms with E-state index in [-0.39, 0.29) is 0 Å². The fraction of sp³-hybridized carbons (Fsp3) is 0.579. The maximum absolute atomic E-state index is 3.58. The molecule has 0 bridgehead atoms. The number of hydrogen-bond donors (Lipinski definition) is 1. The Morgan fingerprint density at radius 2 is 1.90 bits per heavy atom. The summed E-state index contributed by atoms with van der Waals surface area (Å²) in [5.74, 6) is 0.640. The molecule has 0 spiro atoms. The first-order valence-corrected chi connectivity index (χ1v) is 7.91. The predicted octanol–water partition coefficient (Wildman–Crippen LogP) is 5.67. The van der Waals surface area contributed by atoms with Crippen LogP contribution in [-0.2, 0) is 6.42 Å². The number of allylic oxidation sites excluding steroid dienone is 4. The van der Waals surface area contributed by atoms with Gasteiger partial charge in [0.1, 0.15) is 0 Å². The lowest BCUT2D eigenvalue weighted by Gasteiger charge is -2.26. The van der Waals surface area contributed by atoms with Crippen LogP contribution >= 0.6 is 0 Å². The minimum Gasteiger partial charge on any atom is -0.359 e. The molecule has 0 saturated heterocycles. The number of nitrogens with one attached hydrogen (secondary N) is 1. The van der Waals surface area contributed by atoms with Gasteiger partial charge in [0, 0.05) is 11.4 Å². The van der Waals surface area contributed by atoms with Gasteiger partial charge in [-0.05, 0) is 54.7 Å². The third kappa shape index (κ3) is 3.26. The van der Waals surface area contributed by atoms with E-state index in [1.165, 1.54) is 28.9 Å². The zero-order chi connectivity index (χ0) is 14.9. The molecule has 1 nitrogen and oxygen atoms in total. The van der Waals surface area contributed by atoms with E-state index in [4.69, 9.17) is 0 Å². The molecule has 110 valence electrons. The van der Waals surface area contributed by atoms with Crippen molar-refractivity contribution in [1.29, 1.82) is 0 Å². The second kappa shape index (κ2) is 5.63. The van der Waals surface area contributed by atoms with E-state index >= 15 is 0 Å². The fourth-order valence-electron chi connectivity index (χ4n) is 3.18. The van der Waals surface area contributed by atoms with Gasteiger partial charge in [-0.3, -0.25) is 0 Å². The van der Waals surface area contributed by atoms with E-state index in [1.807, 2.05) is 0 Å². The van der Waals surface area contributed by atoms with Gasteiger partial charge in [-0.1, -0.05) is 52.3 Å². The molecule has 0 aliphatic heterocycles. The summed E-state index contributed by atoms with van der Waals surface area (Å²) in [7, 11) is 0. The van der Waals surface area contributed by atoms with Crippen LogP contribution < -0.4 is 0 Å². The molecule has 0 unspecified atom stereocenters. The van der Waals surface area contributed by atoms with Crippen molar-refractivity contribution in [2.75, 3.05) is 0 Å². The van der Waals surface area contributed by atoms with Crippen molar-refractivity contribution in [2.45, 2.75) is 60.8 Å². The van der Waals surface area contributed by atoms with Gasteiger partial charge in [-0.25, -0.2) is 0 Å². The topological polar surface area (TPSA) is 15.8 Å². The van der Waals surface area contributed by atoms with Crippen molar-refractivity contribution in [3.05, 3.63) is 40.7 Å². The van der Waals surface area contributed by atoms with E-state index in [2.05, 4.69) is 64.7 Å². The molecule has 0 atom stereocenters. The highest BCUT2D eigenvalue weighted by Gasteiger charge is 2.25. The predicted molar refractivity (Wildman–Crippen MR) is 88.8 cm³/mol. The Morgan fingerprint density at radius 3 is 2.45 bits per heavy atom. The van der Waals surface area contributed by atoms with Gasteiger partial charge in [-0.15, -0.1) is 0 Å². The number of rotatable bonds is 3. The van der Waals surface area contributed by atoms with E-state index in [0.717, 1.165) is 12.8 Å². The Bertz CT molecular complexity index is 538. The minimum absolute atomic E-state index is 0.337. The zero-order valence-corrected chi connectivity index (χ0v) is 13.9. The maximum Gasteiger partial charge on any atom is 0.0417 e. The third-order valence-corrected chi connectivity index (χ3v) is 4.44. The lowest BCUT2D eigenvalue weighted by molar-refractivity contribution is 0.363. The SMILES string of the molecule is CCc1cc(C2=CC=C(C(C)C)CC(C)(C)C2)[nH]c1C. The van der Waals surface area contributed by atoms with Gasteiger partial charge in [0.15, 0.2) is 0 Å². The van der Waals surface area contributed by atoms with E-state index in [0.29, 0.717) is 11.3 Å². The second-order valence-electron chi connectivity index (χ2n) is 7.29. The number of hydrogen-bond acceptors (Lipinski definition) is 0. The number of aromatic amines is 1. The van der Waals surface area contributed by atoms with Gasteiger partial charge in [0.25, 0.3) is 0 Å². The molecular weight excluding hydrogens is 242 g/mol. The van der Waals surface area contributed by atoms with Crippen LogP contribution in [0.1, 0.15) is 64.4 Å². The smallest absolute Gasteiger partial charge is 0.0417 e. The summed E-state index contributed by atoms with van der Waals surface area (Å²) in [5.41, 5.74) is 7.43. The fourth-order valence-corrected chi connectivity index (χ4v) is 3.18. The lowest BCUT2D eigenvalue weighted by Crippen LogP contribution is -2.13. The average Bonchev–Trinajstić information content (AvgIpc) is 2.64. The highest BCUT2D eigenvalue weighted by Crippen LogP contribution is 2.40. The molecule has 0 aromatic carbocycles. The monoisotopic (exact) mass is 271 g/mol. The molecular formula is C19H29N. The van der Waals surface area contributed by atoms with E-state index in [9.17, 15) is 0 Å². The Hall–Kier alpha value is -1.24. The van der Waals surface area contributed by atoms with Gasteiger partial charge in [0.2, 0.25) is 0 Å². The number of aryl methyl sites for hydroxylation is 2. The van der Waals surface area contributed by atoms with Crippen LogP contribution in [0, 0.1) is 18.3 Å². The number of H-pyrrole nitrogens is 1. The molecule has 1 aromatic rings. The molecule has 0 amide bonds. The molecule has 0 radical (unpaired) electrons. The van der Waals surface area contributed by atoms with Crippen LogP contribution in [0.5, 0.6) is 0 Å². The second-order valence-corrected chi connectivity index (χ2v) is 7.29. The van der Waals surface area contributed by atoms with Crippen molar-refractivity contribution >= 4 is 5.57 Å². The molecule has 1 heterocycles. The Kier molecular flexibility index (Phi) is 4.27. The lowest BCUT2D eigenvalue weighted by atomic mass is 9.79. The minimum atomic E-state index is 0.337. The highest BCUT2D eigenvalue weighted by molar-refractivity contribution is 5.67. The summed E-state index contributed by atoms with van der Waals surface area (Å²) in [6, 6.07) is 2.34. The van der Waals surface area contributed by atoms with Crippen molar-refractivity contribution in [3.63, 3.8) is 0 Å². The molecule has 0 fully saturated rings. The quantitative estimate of drug-likeness (QED) is 0.729. The largest absolute Gasteiger partial charge is 0.359 e. The molecule has 1 aliphatic rings.